The summed E-state index contributed by atoms with van der Waals surface area (Å²) in [4.78, 5) is 0. The Hall–Kier alpha value is -1.28. The normalized spacial score (nSPS) is 19.6. The molecule has 74 valence electrons. The van der Waals surface area contributed by atoms with Gasteiger partial charge in [0.15, 0.2) is 11.5 Å². The van der Waals surface area contributed by atoms with E-state index < -0.39 is 0 Å². The van der Waals surface area contributed by atoms with Crippen molar-refractivity contribution >= 4 is 0 Å². The first-order valence-electron chi connectivity index (χ1n) is 4.83. The van der Waals surface area contributed by atoms with Crippen molar-refractivity contribution in [1.29, 1.82) is 0 Å². The summed E-state index contributed by atoms with van der Waals surface area (Å²) in [6, 6.07) is 6.04. The number of para-hydroxylation sites is 1. The van der Waals surface area contributed by atoms with Gasteiger partial charge in [-0.3, -0.25) is 0 Å². The molecule has 0 radical (unpaired) electrons. The lowest BCUT2D eigenvalue weighted by Crippen LogP contribution is -1.73. The summed E-state index contributed by atoms with van der Waals surface area (Å²) in [7, 11) is 0. The van der Waals surface area contributed by atoms with Gasteiger partial charge >= 0.3 is 0 Å². The second-order valence-electron chi connectivity index (χ2n) is 3.48. The van der Waals surface area contributed by atoms with Crippen LogP contribution in [-0.4, -0.2) is 12.7 Å². The summed E-state index contributed by atoms with van der Waals surface area (Å²) in [5.41, 5.74) is 1.24. The SMILES string of the molecule is C=CCc1cccc2c1O2.CC1CO1. The van der Waals surface area contributed by atoms with Crippen LogP contribution in [0.1, 0.15) is 12.5 Å². The van der Waals surface area contributed by atoms with Gasteiger partial charge in [0.1, 0.15) is 0 Å². The van der Waals surface area contributed by atoms with E-state index in [1.54, 1.807) is 0 Å². The predicted octanol–water partition coefficient (Wildman–Crippen LogP) is 2.93. The van der Waals surface area contributed by atoms with Crippen LogP contribution in [0.15, 0.2) is 30.9 Å². The molecule has 1 fully saturated rings. The van der Waals surface area contributed by atoms with Crippen molar-refractivity contribution < 1.29 is 9.47 Å². The van der Waals surface area contributed by atoms with Crippen molar-refractivity contribution in [2.24, 2.45) is 0 Å². The number of rotatable bonds is 2. The number of benzene rings is 1. The average Bonchev–Trinajstić information content (AvgIpc) is 3.02. The summed E-state index contributed by atoms with van der Waals surface area (Å²) >= 11 is 0. The number of allylic oxidation sites excluding steroid dienone is 1. The molecule has 0 bridgehead atoms. The van der Waals surface area contributed by atoms with E-state index in [0.717, 1.165) is 24.5 Å². The number of ether oxygens (including phenoxy) is 2. The quantitative estimate of drug-likeness (QED) is 0.537. The Bertz CT molecular complexity index is 340. The first-order chi connectivity index (χ1) is 6.81. The van der Waals surface area contributed by atoms with Crippen molar-refractivity contribution in [2.45, 2.75) is 19.4 Å². The Balaban J connectivity index is 0.000000157. The van der Waals surface area contributed by atoms with E-state index in [9.17, 15) is 0 Å². The highest BCUT2D eigenvalue weighted by Crippen LogP contribution is 2.47. The summed E-state index contributed by atoms with van der Waals surface area (Å²) in [6.07, 6.45) is 3.38. The molecule has 0 amide bonds. The highest BCUT2D eigenvalue weighted by molar-refractivity contribution is 5.59. The second-order valence-corrected chi connectivity index (χ2v) is 3.48. The highest BCUT2D eigenvalue weighted by atomic mass is 16.6. The molecule has 0 spiro atoms. The molecule has 2 heteroatoms. The fraction of sp³-hybridized carbons (Fsp3) is 0.333. The standard InChI is InChI=1S/C9H8O.C3H6O/c1-2-4-7-5-3-6-8-9(7)10-8;1-3-2-4-3/h2-3,5-6H,1,4H2;3H,2H2,1H3. The molecular formula is C12H14O2. The molecule has 0 aromatic heterocycles. The molecule has 1 unspecified atom stereocenters. The smallest absolute Gasteiger partial charge is 0.173 e. The van der Waals surface area contributed by atoms with Crippen LogP contribution in [0.4, 0.5) is 0 Å². The fourth-order valence-electron chi connectivity index (χ4n) is 1.16. The number of hydrogen-bond acceptors (Lipinski definition) is 2. The predicted molar refractivity (Wildman–Crippen MR) is 55.8 cm³/mol. The van der Waals surface area contributed by atoms with Gasteiger partial charge in [0, 0.05) is 5.56 Å². The number of epoxide rings is 1. The summed E-state index contributed by atoms with van der Waals surface area (Å²) in [5, 5.41) is 0. The zero-order valence-electron chi connectivity index (χ0n) is 8.32. The minimum Gasteiger partial charge on any atom is -0.449 e. The minimum atomic E-state index is 0.583. The zero-order valence-corrected chi connectivity index (χ0v) is 8.32. The van der Waals surface area contributed by atoms with Gasteiger partial charge in [-0.2, -0.15) is 0 Å². The van der Waals surface area contributed by atoms with Crippen LogP contribution in [0.25, 0.3) is 0 Å². The van der Waals surface area contributed by atoms with E-state index in [0.29, 0.717) is 6.10 Å². The molecular weight excluding hydrogens is 176 g/mol. The first kappa shape index (κ1) is 9.28. The molecule has 1 atom stereocenters. The fourth-order valence-corrected chi connectivity index (χ4v) is 1.16. The van der Waals surface area contributed by atoms with Crippen LogP contribution in [0.2, 0.25) is 0 Å². The third-order valence-electron chi connectivity index (χ3n) is 2.10. The van der Waals surface area contributed by atoms with Crippen molar-refractivity contribution in [2.75, 3.05) is 6.61 Å². The average molecular weight is 190 g/mol. The van der Waals surface area contributed by atoms with E-state index in [2.05, 4.69) is 19.6 Å². The Morgan fingerprint density at radius 2 is 2.29 bits per heavy atom. The van der Waals surface area contributed by atoms with Gasteiger partial charge < -0.3 is 9.47 Å². The number of hydrogen-bond donors (Lipinski definition) is 0. The van der Waals surface area contributed by atoms with Crippen molar-refractivity contribution in [3.63, 3.8) is 0 Å². The van der Waals surface area contributed by atoms with Gasteiger partial charge in [-0.25, -0.2) is 0 Å². The van der Waals surface area contributed by atoms with Gasteiger partial charge in [-0.1, -0.05) is 18.2 Å². The Kier molecular flexibility index (Phi) is 2.55. The van der Waals surface area contributed by atoms with Crippen molar-refractivity contribution in [1.82, 2.24) is 0 Å². The van der Waals surface area contributed by atoms with Crippen molar-refractivity contribution in [3.05, 3.63) is 36.4 Å². The third-order valence-corrected chi connectivity index (χ3v) is 2.10. The van der Waals surface area contributed by atoms with E-state index >= 15 is 0 Å². The molecule has 2 aliphatic rings. The maximum Gasteiger partial charge on any atom is 0.173 e. The lowest BCUT2D eigenvalue weighted by Gasteiger charge is -1.87. The van der Waals surface area contributed by atoms with Crippen molar-refractivity contribution in [3.8, 4) is 11.5 Å². The molecule has 2 heterocycles. The molecule has 3 rings (SSSR count). The molecule has 2 aliphatic heterocycles. The van der Waals surface area contributed by atoms with Gasteiger partial charge in [0.25, 0.3) is 0 Å². The van der Waals surface area contributed by atoms with E-state index in [4.69, 9.17) is 9.47 Å². The molecule has 1 aromatic carbocycles. The van der Waals surface area contributed by atoms with Crippen LogP contribution in [0, 0.1) is 0 Å². The largest absolute Gasteiger partial charge is 0.449 e. The molecule has 14 heavy (non-hydrogen) atoms. The highest BCUT2D eigenvalue weighted by Gasteiger charge is 2.22. The first-order valence-corrected chi connectivity index (χ1v) is 4.83. The lowest BCUT2D eigenvalue weighted by molar-refractivity contribution is 0.423. The molecule has 2 nitrogen and oxygen atoms in total. The summed E-state index contributed by atoms with van der Waals surface area (Å²) in [6.45, 7) is 6.71. The van der Waals surface area contributed by atoms with Crippen LogP contribution < -0.4 is 4.74 Å². The molecule has 0 saturated carbocycles. The van der Waals surface area contributed by atoms with Crippen LogP contribution in [0.3, 0.4) is 0 Å². The Labute approximate surface area is 84.2 Å². The Morgan fingerprint density at radius 3 is 2.86 bits per heavy atom. The Morgan fingerprint density at radius 1 is 1.57 bits per heavy atom. The van der Waals surface area contributed by atoms with Gasteiger partial charge in [-0.05, 0) is 19.4 Å². The van der Waals surface area contributed by atoms with E-state index in [1.165, 1.54) is 5.56 Å². The zero-order chi connectivity index (χ0) is 9.97. The summed E-state index contributed by atoms with van der Waals surface area (Å²) < 4.78 is 9.88. The van der Waals surface area contributed by atoms with Crippen LogP contribution in [0.5, 0.6) is 11.5 Å². The maximum atomic E-state index is 5.17. The molecule has 1 aromatic rings. The van der Waals surface area contributed by atoms with E-state index in [-0.39, 0.29) is 0 Å². The lowest BCUT2D eigenvalue weighted by atomic mass is 10.2. The number of fused-ring (bicyclic) bond motifs is 1. The molecule has 1 saturated heterocycles. The third kappa shape index (κ3) is 2.36. The monoisotopic (exact) mass is 190 g/mol. The van der Waals surface area contributed by atoms with E-state index in [1.807, 2.05) is 18.2 Å². The molecule has 0 aliphatic carbocycles. The van der Waals surface area contributed by atoms with Crippen LogP contribution in [-0.2, 0) is 11.2 Å². The summed E-state index contributed by atoms with van der Waals surface area (Å²) in [5.74, 6) is 2.08. The van der Waals surface area contributed by atoms with Gasteiger partial charge in [0.2, 0.25) is 0 Å². The van der Waals surface area contributed by atoms with Crippen LogP contribution >= 0.6 is 0 Å². The van der Waals surface area contributed by atoms with Gasteiger partial charge in [-0.15, -0.1) is 6.58 Å². The minimum absolute atomic E-state index is 0.583. The van der Waals surface area contributed by atoms with Gasteiger partial charge in [0.05, 0.1) is 12.7 Å². The topological polar surface area (TPSA) is 25.1 Å². The molecule has 0 N–H and O–H groups in total. The second kappa shape index (κ2) is 3.84. The maximum absolute atomic E-state index is 5.17.